The summed E-state index contributed by atoms with van der Waals surface area (Å²) in [7, 11) is 0. The average molecular weight is 174 g/mol. The van der Waals surface area contributed by atoms with Crippen molar-refractivity contribution in [1.29, 1.82) is 0 Å². The first-order valence-electron chi connectivity index (χ1n) is 4.32. The van der Waals surface area contributed by atoms with Crippen LogP contribution >= 0.6 is 0 Å². The summed E-state index contributed by atoms with van der Waals surface area (Å²) in [4.78, 5) is 11.5. The lowest BCUT2D eigenvalue weighted by Crippen LogP contribution is -1.95. The van der Waals surface area contributed by atoms with Gasteiger partial charge in [0.15, 0.2) is 5.78 Å². The summed E-state index contributed by atoms with van der Waals surface area (Å²) < 4.78 is 5.20. The van der Waals surface area contributed by atoms with Gasteiger partial charge in [0, 0.05) is 17.4 Å². The number of Topliss-reactive ketones (excluding diaryl/α,β-unsaturated/α-hetero) is 1. The smallest absolute Gasteiger partial charge is 0.163 e. The van der Waals surface area contributed by atoms with E-state index < -0.39 is 0 Å². The van der Waals surface area contributed by atoms with Crippen molar-refractivity contribution in [3.05, 3.63) is 36.1 Å². The molecule has 0 saturated heterocycles. The van der Waals surface area contributed by atoms with E-state index in [0.29, 0.717) is 6.42 Å². The molecular weight excluding hydrogens is 164 g/mol. The maximum atomic E-state index is 11.5. The standard InChI is InChI=1S/C11H10O2/c1-2-10(12)8-4-3-5-11-9(8)6-7-13-11/h3-7H,2H2,1H3. The van der Waals surface area contributed by atoms with Crippen molar-refractivity contribution < 1.29 is 9.21 Å². The van der Waals surface area contributed by atoms with Gasteiger partial charge in [0.05, 0.1) is 6.26 Å². The molecule has 0 N–H and O–H groups in total. The highest BCUT2D eigenvalue weighted by Gasteiger charge is 2.08. The lowest BCUT2D eigenvalue weighted by atomic mass is 10.1. The van der Waals surface area contributed by atoms with Crippen LogP contribution in [-0.2, 0) is 0 Å². The van der Waals surface area contributed by atoms with Gasteiger partial charge in [-0.2, -0.15) is 0 Å². The van der Waals surface area contributed by atoms with Crippen LogP contribution in [0.5, 0.6) is 0 Å². The van der Waals surface area contributed by atoms with Crippen LogP contribution in [0.15, 0.2) is 34.9 Å². The van der Waals surface area contributed by atoms with Crippen LogP contribution in [-0.4, -0.2) is 5.78 Å². The lowest BCUT2D eigenvalue weighted by Gasteiger charge is -1.97. The molecule has 66 valence electrons. The summed E-state index contributed by atoms with van der Waals surface area (Å²) in [6.45, 7) is 1.86. The second-order valence-corrected chi connectivity index (χ2v) is 2.91. The quantitative estimate of drug-likeness (QED) is 0.655. The number of fused-ring (bicyclic) bond motifs is 1. The van der Waals surface area contributed by atoms with E-state index in [1.54, 1.807) is 6.26 Å². The van der Waals surface area contributed by atoms with E-state index in [1.807, 2.05) is 31.2 Å². The van der Waals surface area contributed by atoms with Gasteiger partial charge in [0.2, 0.25) is 0 Å². The fraction of sp³-hybridized carbons (Fsp3) is 0.182. The molecule has 1 heterocycles. The first-order valence-corrected chi connectivity index (χ1v) is 4.32. The minimum Gasteiger partial charge on any atom is -0.464 e. The van der Waals surface area contributed by atoms with E-state index in [1.165, 1.54) is 0 Å². The molecule has 0 aliphatic heterocycles. The van der Waals surface area contributed by atoms with E-state index in [4.69, 9.17) is 4.42 Å². The van der Waals surface area contributed by atoms with Crippen LogP contribution in [0, 0.1) is 0 Å². The van der Waals surface area contributed by atoms with Gasteiger partial charge in [-0.15, -0.1) is 0 Å². The Hall–Kier alpha value is -1.57. The molecule has 0 amide bonds. The summed E-state index contributed by atoms with van der Waals surface area (Å²) in [5, 5.41) is 0.911. The lowest BCUT2D eigenvalue weighted by molar-refractivity contribution is 0.0989. The molecule has 13 heavy (non-hydrogen) atoms. The van der Waals surface area contributed by atoms with Gasteiger partial charge in [0.25, 0.3) is 0 Å². The number of furan rings is 1. The zero-order chi connectivity index (χ0) is 9.26. The molecule has 0 aliphatic carbocycles. The van der Waals surface area contributed by atoms with Crippen molar-refractivity contribution in [3.8, 4) is 0 Å². The number of rotatable bonds is 2. The van der Waals surface area contributed by atoms with E-state index in [0.717, 1.165) is 16.5 Å². The van der Waals surface area contributed by atoms with Crippen molar-refractivity contribution in [2.75, 3.05) is 0 Å². The number of hydrogen-bond acceptors (Lipinski definition) is 2. The van der Waals surface area contributed by atoms with Crippen LogP contribution in [0.1, 0.15) is 23.7 Å². The van der Waals surface area contributed by atoms with Crippen LogP contribution in [0.4, 0.5) is 0 Å². The molecule has 2 heteroatoms. The van der Waals surface area contributed by atoms with E-state index in [9.17, 15) is 4.79 Å². The highest BCUT2D eigenvalue weighted by atomic mass is 16.3. The third-order valence-corrected chi connectivity index (χ3v) is 2.12. The molecule has 0 unspecified atom stereocenters. The molecule has 0 saturated carbocycles. The van der Waals surface area contributed by atoms with Crippen LogP contribution in [0.25, 0.3) is 11.0 Å². The molecule has 1 aromatic heterocycles. The minimum absolute atomic E-state index is 0.159. The Kier molecular flexibility index (Phi) is 1.89. The molecule has 0 aliphatic rings. The Morgan fingerprint density at radius 3 is 3.00 bits per heavy atom. The Labute approximate surface area is 76.2 Å². The Morgan fingerprint density at radius 2 is 2.23 bits per heavy atom. The summed E-state index contributed by atoms with van der Waals surface area (Å²) in [5.74, 6) is 0.159. The Balaban J connectivity index is 2.67. The highest BCUT2D eigenvalue weighted by molar-refractivity contribution is 6.06. The van der Waals surface area contributed by atoms with Crippen molar-refractivity contribution in [2.45, 2.75) is 13.3 Å². The molecule has 2 aromatic rings. The minimum atomic E-state index is 0.159. The first kappa shape index (κ1) is 8.05. The van der Waals surface area contributed by atoms with Gasteiger partial charge < -0.3 is 4.42 Å². The monoisotopic (exact) mass is 174 g/mol. The average Bonchev–Trinajstić information content (AvgIpc) is 2.63. The fourth-order valence-corrected chi connectivity index (χ4v) is 1.43. The zero-order valence-electron chi connectivity index (χ0n) is 7.41. The molecular formula is C11H10O2. The topological polar surface area (TPSA) is 30.2 Å². The van der Waals surface area contributed by atoms with Crippen LogP contribution in [0.2, 0.25) is 0 Å². The zero-order valence-corrected chi connectivity index (χ0v) is 7.41. The number of ketones is 1. The van der Waals surface area contributed by atoms with Gasteiger partial charge in [-0.25, -0.2) is 0 Å². The fourth-order valence-electron chi connectivity index (χ4n) is 1.43. The van der Waals surface area contributed by atoms with Crippen molar-refractivity contribution in [2.24, 2.45) is 0 Å². The molecule has 2 rings (SSSR count). The molecule has 0 atom stereocenters. The number of carbonyl (C=O) groups excluding carboxylic acids is 1. The molecule has 2 nitrogen and oxygen atoms in total. The first-order chi connectivity index (χ1) is 6.33. The largest absolute Gasteiger partial charge is 0.464 e. The highest BCUT2D eigenvalue weighted by Crippen LogP contribution is 2.20. The number of hydrogen-bond donors (Lipinski definition) is 0. The second kappa shape index (κ2) is 3.05. The summed E-state index contributed by atoms with van der Waals surface area (Å²) in [5.41, 5.74) is 1.54. The summed E-state index contributed by atoms with van der Waals surface area (Å²) in [6.07, 6.45) is 2.14. The van der Waals surface area contributed by atoms with Crippen molar-refractivity contribution in [1.82, 2.24) is 0 Å². The normalized spacial score (nSPS) is 10.5. The molecule has 0 bridgehead atoms. The predicted molar refractivity (Wildman–Crippen MR) is 50.8 cm³/mol. The molecule has 0 spiro atoms. The summed E-state index contributed by atoms with van der Waals surface area (Å²) >= 11 is 0. The number of carbonyl (C=O) groups is 1. The predicted octanol–water partition coefficient (Wildman–Crippen LogP) is 3.03. The van der Waals surface area contributed by atoms with Crippen molar-refractivity contribution >= 4 is 16.8 Å². The van der Waals surface area contributed by atoms with E-state index >= 15 is 0 Å². The molecule has 0 fully saturated rings. The number of benzene rings is 1. The molecule has 0 radical (unpaired) electrons. The van der Waals surface area contributed by atoms with Gasteiger partial charge in [-0.3, -0.25) is 4.79 Å². The third-order valence-electron chi connectivity index (χ3n) is 2.12. The SMILES string of the molecule is CCC(=O)c1cccc2occc12. The van der Waals surface area contributed by atoms with Gasteiger partial charge in [-0.1, -0.05) is 19.1 Å². The summed E-state index contributed by atoms with van der Waals surface area (Å²) in [6, 6.07) is 7.37. The maximum Gasteiger partial charge on any atom is 0.163 e. The van der Waals surface area contributed by atoms with Gasteiger partial charge in [-0.05, 0) is 12.1 Å². The van der Waals surface area contributed by atoms with Crippen LogP contribution < -0.4 is 0 Å². The van der Waals surface area contributed by atoms with Crippen LogP contribution in [0.3, 0.4) is 0 Å². The maximum absolute atomic E-state index is 11.5. The van der Waals surface area contributed by atoms with E-state index in [2.05, 4.69) is 0 Å². The van der Waals surface area contributed by atoms with Gasteiger partial charge in [0.1, 0.15) is 5.58 Å². The van der Waals surface area contributed by atoms with E-state index in [-0.39, 0.29) is 5.78 Å². The Bertz CT molecular complexity index is 440. The molecule has 1 aromatic carbocycles. The Morgan fingerprint density at radius 1 is 1.38 bits per heavy atom. The second-order valence-electron chi connectivity index (χ2n) is 2.91. The van der Waals surface area contributed by atoms with Gasteiger partial charge >= 0.3 is 0 Å². The third kappa shape index (κ3) is 1.24. The van der Waals surface area contributed by atoms with Crippen molar-refractivity contribution in [3.63, 3.8) is 0 Å².